The molecule has 2 N–H and O–H groups in total. The Labute approximate surface area is 110 Å². The van der Waals surface area contributed by atoms with Gasteiger partial charge in [0, 0.05) is 32.1 Å². The van der Waals surface area contributed by atoms with Crippen molar-refractivity contribution >= 4 is 5.91 Å². The summed E-state index contributed by atoms with van der Waals surface area (Å²) in [5.41, 5.74) is 6.01. The molecule has 18 heavy (non-hydrogen) atoms. The van der Waals surface area contributed by atoms with E-state index in [-0.39, 0.29) is 17.4 Å². The van der Waals surface area contributed by atoms with Gasteiger partial charge >= 0.3 is 0 Å². The minimum atomic E-state index is 0.166. The second-order valence-electron chi connectivity index (χ2n) is 6.62. The second-order valence-corrected chi connectivity index (χ2v) is 6.62. The van der Waals surface area contributed by atoms with Crippen molar-refractivity contribution in [2.45, 2.75) is 39.2 Å². The molecule has 2 fully saturated rings. The average molecular weight is 253 g/mol. The van der Waals surface area contributed by atoms with E-state index in [1.807, 2.05) is 0 Å². The summed E-state index contributed by atoms with van der Waals surface area (Å²) in [6, 6.07) is 0.202. The molecule has 1 aliphatic heterocycles. The molecule has 1 saturated heterocycles. The van der Waals surface area contributed by atoms with Crippen LogP contribution in [0.5, 0.6) is 0 Å². The number of hydrogen-bond donors (Lipinski definition) is 1. The van der Waals surface area contributed by atoms with Gasteiger partial charge in [0.1, 0.15) is 0 Å². The average Bonchev–Trinajstić information content (AvgIpc) is 2.68. The molecule has 4 nitrogen and oxygen atoms in total. The Bertz CT molecular complexity index is 316. The van der Waals surface area contributed by atoms with Gasteiger partial charge in [-0.1, -0.05) is 20.3 Å². The minimum absolute atomic E-state index is 0.166. The number of nitrogens with two attached hydrogens (primary N) is 1. The first-order chi connectivity index (χ1) is 8.45. The van der Waals surface area contributed by atoms with E-state index in [1.54, 1.807) is 0 Å². The lowest BCUT2D eigenvalue weighted by molar-refractivity contribution is -0.143. The molecule has 2 aliphatic rings. The molecule has 0 radical (unpaired) electrons. The van der Waals surface area contributed by atoms with Gasteiger partial charge in [-0.3, -0.25) is 4.79 Å². The summed E-state index contributed by atoms with van der Waals surface area (Å²) in [5.74, 6) is 0.552. The first kappa shape index (κ1) is 13.8. The van der Waals surface area contributed by atoms with Gasteiger partial charge in [-0.2, -0.15) is 0 Å². The van der Waals surface area contributed by atoms with E-state index in [0.29, 0.717) is 12.5 Å². The van der Waals surface area contributed by atoms with Crippen molar-refractivity contribution in [3.63, 3.8) is 0 Å². The molecule has 104 valence electrons. The van der Waals surface area contributed by atoms with Crippen molar-refractivity contribution in [2.24, 2.45) is 17.1 Å². The molecule has 1 aliphatic carbocycles. The molecule has 1 saturated carbocycles. The van der Waals surface area contributed by atoms with Crippen LogP contribution in [0.4, 0.5) is 0 Å². The van der Waals surface area contributed by atoms with Crippen LogP contribution in [0, 0.1) is 11.3 Å². The van der Waals surface area contributed by atoms with Crippen LogP contribution in [0.15, 0.2) is 0 Å². The smallest absolute Gasteiger partial charge is 0.226 e. The maximum Gasteiger partial charge on any atom is 0.226 e. The van der Waals surface area contributed by atoms with Crippen LogP contribution in [0.25, 0.3) is 0 Å². The lowest BCUT2D eigenvalue weighted by atomic mass is 9.80. The van der Waals surface area contributed by atoms with Gasteiger partial charge in [0.25, 0.3) is 0 Å². The van der Waals surface area contributed by atoms with Crippen LogP contribution in [0.1, 0.15) is 33.1 Å². The molecule has 0 bridgehead atoms. The summed E-state index contributed by atoms with van der Waals surface area (Å²) in [6.45, 7) is 7.75. The predicted molar refractivity (Wildman–Crippen MR) is 73.2 cm³/mol. The van der Waals surface area contributed by atoms with E-state index in [2.05, 4.69) is 30.7 Å². The van der Waals surface area contributed by atoms with Crippen molar-refractivity contribution in [2.75, 3.05) is 33.2 Å². The number of likely N-dealkylation sites (N-methyl/N-ethyl adjacent to an activating group) is 1. The fourth-order valence-electron chi connectivity index (χ4n) is 3.49. The Morgan fingerprint density at radius 1 is 1.39 bits per heavy atom. The van der Waals surface area contributed by atoms with Crippen LogP contribution >= 0.6 is 0 Å². The van der Waals surface area contributed by atoms with Crippen LogP contribution in [0.3, 0.4) is 0 Å². The number of nitrogens with zero attached hydrogens (tertiary/aromatic N) is 2. The maximum absolute atomic E-state index is 12.7. The zero-order valence-corrected chi connectivity index (χ0v) is 12.0. The Hall–Kier alpha value is -0.610. The molecule has 2 unspecified atom stereocenters. The minimum Gasteiger partial charge on any atom is -0.336 e. The first-order valence-electron chi connectivity index (χ1n) is 7.15. The monoisotopic (exact) mass is 253 g/mol. The topological polar surface area (TPSA) is 49.6 Å². The number of carbonyl (C=O) groups excluding carboxylic acids is 1. The third-order valence-electron chi connectivity index (χ3n) is 4.80. The van der Waals surface area contributed by atoms with E-state index in [1.165, 1.54) is 12.8 Å². The zero-order chi connectivity index (χ0) is 13.3. The Morgan fingerprint density at radius 2 is 2.11 bits per heavy atom. The van der Waals surface area contributed by atoms with Crippen molar-refractivity contribution < 1.29 is 4.79 Å². The van der Waals surface area contributed by atoms with Crippen molar-refractivity contribution in [3.8, 4) is 0 Å². The molecule has 0 aromatic rings. The molecule has 1 amide bonds. The van der Waals surface area contributed by atoms with E-state index in [9.17, 15) is 4.79 Å². The van der Waals surface area contributed by atoms with E-state index >= 15 is 0 Å². The highest BCUT2D eigenvalue weighted by atomic mass is 16.2. The highest BCUT2D eigenvalue weighted by Crippen LogP contribution is 2.43. The summed E-state index contributed by atoms with van der Waals surface area (Å²) in [6.07, 6.45) is 3.41. The number of hydrogen-bond acceptors (Lipinski definition) is 3. The maximum atomic E-state index is 12.7. The molecule has 0 spiro atoms. The van der Waals surface area contributed by atoms with Gasteiger partial charge in [0.2, 0.25) is 5.91 Å². The van der Waals surface area contributed by atoms with Crippen molar-refractivity contribution in [1.82, 2.24) is 9.80 Å². The molecule has 0 aromatic heterocycles. The molecule has 0 aromatic carbocycles. The fourth-order valence-corrected chi connectivity index (χ4v) is 3.49. The quantitative estimate of drug-likeness (QED) is 0.796. The Balaban J connectivity index is 2.08. The van der Waals surface area contributed by atoms with Gasteiger partial charge in [-0.15, -0.1) is 0 Å². The van der Waals surface area contributed by atoms with Gasteiger partial charge in [-0.25, -0.2) is 0 Å². The fraction of sp³-hybridized carbons (Fsp3) is 0.929. The summed E-state index contributed by atoms with van der Waals surface area (Å²) >= 11 is 0. The Kier molecular flexibility index (Phi) is 3.97. The van der Waals surface area contributed by atoms with E-state index < -0.39 is 0 Å². The third-order valence-corrected chi connectivity index (χ3v) is 4.80. The molecule has 2 atom stereocenters. The second kappa shape index (κ2) is 5.17. The standard InChI is InChI=1S/C14H27N3O/c1-14(2)6-4-5-12(14)13(18)17-8-7-16(3)10-11(17)9-15/h11-12H,4-10,15H2,1-3H3. The molecule has 1 heterocycles. The number of rotatable bonds is 2. The van der Waals surface area contributed by atoms with Gasteiger partial charge in [0.15, 0.2) is 0 Å². The number of piperazine rings is 1. The summed E-state index contributed by atoms with van der Waals surface area (Å²) in [4.78, 5) is 17.1. The summed E-state index contributed by atoms with van der Waals surface area (Å²) in [7, 11) is 2.10. The predicted octanol–water partition coefficient (Wildman–Crippen LogP) is 0.914. The SMILES string of the molecule is CN1CCN(C(=O)C2CCCC2(C)C)C(CN)C1. The molecular weight excluding hydrogens is 226 g/mol. The van der Waals surface area contributed by atoms with E-state index in [0.717, 1.165) is 26.1 Å². The molecular formula is C14H27N3O. The van der Waals surface area contributed by atoms with Crippen LogP contribution < -0.4 is 5.73 Å². The highest BCUT2D eigenvalue weighted by Gasteiger charge is 2.43. The largest absolute Gasteiger partial charge is 0.336 e. The van der Waals surface area contributed by atoms with Crippen LogP contribution in [-0.4, -0.2) is 55.0 Å². The van der Waals surface area contributed by atoms with Crippen molar-refractivity contribution in [3.05, 3.63) is 0 Å². The lowest BCUT2D eigenvalue weighted by Gasteiger charge is -2.42. The summed E-state index contributed by atoms with van der Waals surface area (Å²) in [5, 5.41) is 0. The molecule has 2 rings (SSSR count). The van der Waals surface area contributed by atoms with Gasteiger partial charge in [-0.05, 0) is 25.3 Å². The normalized spacial score (nSPS) is 32.8. The van der Waals surface area contributed by atoms with Crippen LogP contribution in [0.2, 0.25) is 0 Å². The van der Waals surface area contributed by atoms with Crippen molar-refractivity contribution in [1.29, 1.82) is 0 Å². The summed E-state index contributed by atoms with van der Waals surface area (Å²) < 4.78 is 0. The highest BCUT2D eigenvalue weighted by molar-refractivity contribution is 5.80. The number of carbonyl (C=O) groups is 1. The first-order valence-corrected chi connectivity index (χ1v) is 7.15. The molecule has 4 heteroatoms. The number of amides is 1. The van der Waals surface area contributed by atoms with E-state index in [4.69, 9.17) is 5.73 Å². The van der Waals surface area contributed by atoms with Gasteiger partial charge in [0.05, 0.1) is 6.04 Å². The van der Waals surface area contributed by atoms with Gasteiger partial charge < -0.3 is 15.5 Å². The Morgan fingerprint density at radius 3 is 2.67 bits per heavy atom. The lowest BCUT2D eigenvalue weighted by Crippen LogP contribution is -2.58. The third kappa shape index (κ3) is 2.54. The van der Waals surface area contributed by atoms with Crippen LogP contribution in [-0.2, 0) is 4.79 Å². The zero-order valence-electron chi connectivity index (χ0n) is 12.0.